The molecule has 0 spiro atoms. The second-order valence-electron chi connectivity index (χ2n) is 23.3. The van der Waals surface area contributed by atoms with E-state index < -0.39 is 264 Å². The molecule has 10 rings (SSSR count). The summed E-state index contributed by atoms with van der Waals surface area (Å²) in [5, 5.41) is 122. The maximum atomic E-state index is 15.6. The highest BCUT2D eigenvalue weighted by atomic mass is 16.6. The van der Waals surface area contributed by atoms with Crippen LogP contribution in [0.4, 0.5) is 0 Å². The van der Waals surface area contributed by atoms with E-state index in [1.807, 2.05) is 0 Å². The van der Waals surface area contributed by atoms with Gasteiger partial charge in [0.1, 0.15) is 0 Å². The molecule has 0 aliphatic carbocycles. The number of esters is 8. The second kappa shape index (κ2) is 31.6. The number of carbonyl (C=O) groups is 20. The largest absolute Gasteiger partial charge is 0.478 e. The lowest BCUT2D eigenvalue weighted by molar-refractivity contribution is 0.0354. The van der Waals surface area contributed by atoms with Crippen molar-refractivity contribution in [2.45, 2.75) is 0 Å². The van der Waals surface area contributed by atoms with Crippen LogP contribution in [-0.2, 0) is 18.9 Å². The van der Waals surface area contributed by atoms with E-state index in [4.69, 9.17) is 18.9 Å². The number of carbonyl (C=O) groups excluding carboxylic acids is 8. The van der Waals surface area contributed by atoms with Crippen molar-refractivity contribution < 1.29 is 176 Å². The van der Waals surface area contributed by atoms with Gasteiger partial charge in [-0.05, 0) is 91.7 Å². The Morgan fingerprint density at radius 2 is 0.342 bits per heavy atom. The molecule has 0 aliphatic rings. The Morgan fingerprint density at radius 1 is 0.167 bits per heavy atom. The molecule has 0 bridgehead atoms. The number of fused-ring (bicyclic) bond motifs is 1. The fourth-order valence-corrected chi connectivity index (χ4v) is 12.3. The summed E-state index contributed by atoms with van der Waals surface area (Å²) in [5.74, 6) is -46.0. The molecule has 0 aliphatic heterocycles. The summed E-state index contributed by atoms with van der Waals surface area (Å²) < 4.78 is 20.8. The van der Waals surface area contributed by atoms with Gasteiger partial charge in [-0.3, -0.25) is 0 Å². The van der Waals surface area contributed by atoms with Gasteiger partial charge in [0.25, 0.3) is 0 Å². The molecule has 12 N–H and O–H groups in total. The Bertz CT molecular complexity index is 5720. The Balaban J connectivity index is 1.29. The number of aromatic carboxylic acids is 12. The lowest BCUT2D eigenvalue weighted by atomic mass is 9.88. The predicted molar refractivity (Wildman–Crippen MR) is 374 cm³/mol. The monoisotopic (exact) mass is 1550 g/mol. The maximum absolute atomic E-state index is 15.6. The van der Waals surface area contributed by atoms with Gasteiger partial charge in [-0.1, -0.05) is 133 Å². The SMILES string of the molecule is O=C(O)c1cc(-c2ccccc2)c(C(=O)OC(=O)c2ccc3c(C(=O)OC(=O)c4c(-c5ccccc5)cc(C(=O)O)c(C(=O)O)c4C(=O)O)c(C(=O)OC(=O)c4c(-c5ccccc5)cc(C(=O)O)c(C(=O)O)c4C(=O)O)ccc3c2C(=O)OC(=O)c2c(-c3ccccc3)cc(C(=O)O)c(C(=O)O)c2C(=O)O)c(C(=O)O)c1C(=O)O. The van der Waals surface area contributed by atoms with E-state index in [1.165, 1.54) is 72.8 Å². The van der Waals surface area contributed by atoms with Crippen LogP contribution in [0.15, 0.2) is 170 Å². The number of benzene rings is 10. The molecule has 0 saturated heterocycles. The molecule has 10 aromatic rings. The van der Waals surface area contributed by atoms with E-state index >= 15 is 28.8 Å². The fourth-order valence-electron chi connectivity index (χ4n) is 12.3. The molecule has 0 aromatic heterocycles. The van der Waals surface area contributed by atoms with Crippen LogP contribution in [-0.4, -0.2) is 181 Å². The first-order valence-corrected chi connectivity index (χ1v) is 31.4. The van der Waals surface area contributed by atoms with Crippen molar-refractivity contribution in [1.29, 1.82) is 0 Å². The summed E-state index contributed by atoms with van der Waals surface area (Å²) in [6.45, 7) is 0. The van der Waals surface area contributed by atoms with Gasteiger partial charge in [0.2, 0.25) is 0 Å². The lowest BCUT2D eigenvalue weighted by Gasteiger charge is -2.19. The highest BCUT2D eigenvalue weighted by Gasteiger charge is 2.42. The molecule has 0 saturated carbocycles. The molecule has 568 valence electrons. The molecule has 0 radical (unpaired) electrons. The summed E-state index contributed by atoms with van der Waals surface area (Å²) in [7, 11) is 0. The number of carboxylic acid groups (broad SMARTS) is 12. The van der Waals surface area contributed by atoms with E-state index in [9.17, 15) is 128 Å². The highest BCUT2D eigenvalue weighted by Crippen LogP contribution is 2.40. The molecule has 114 heavy (non-hydrogen) atoms. The van der Waals surface area contributed by atoms with Crippen molar-refractivity contribution in [3.8, 4) is 44.5 Å². The van der Waals surface area contributed by atoms with Crippen LogP contribution in [0.5, 0.6) is 0 Å². The third kappa shape index (κ3) is 14.8. The summed E-state index contributed by atoms with van der Waals surface area (Å²) >= 11 is 0. The van der Waals surface area contributed by atoms with Crippen molar-refractivity contribution in [2.24, 2.45) is 0 Å². The lowest BCUT2D eigenvalue weighted by Crippen LogP contribution is -2.26. The van der Waals surface area contributed by atoms with Gasteiger partial charge in [-0.25, -0.2) is 95.9 Å². The van der Waals surface area contributed by atoms with Crippen LogP contribution < -0.4 is 0 Å². The molecule has 0 fully saturated rings. The van der Waals surface area contributed by atoms with Crippen molar-refractivity contribution >= 4 is 130 Å². The molecule has 36 nitrogen and oxygen atoms in total. The maximum Gasteiger partial charge on any atom is 0.347 e. The quantitative estimate of drug-likeness (QED) is 0.0152. The van der Waals surface area contributed by atoms with E-state index in [0.29, 0.717) is 36.4 Å². The number of ether oxygens (including phenoxy) is 4. The molecular formula is C78H40O36. The molecular weight excluding hydrogens is 1510 g/mol. The van der Waals surface area contributed by atoms with E-state index in [2.05, 4.69) is 0 Å². The molecule has 0 amide bonds. The van der Waals surface area contributed by atoms with Crippen LogP contribution in [0, 0.1) is 0 Å². The minimum Gasteiger partial charge on any atom is -0.478 e. The first-order chi connectivity index (χ1) is 53.9. The van der Waals surface area contributed by atoms with Crippen molar-refractivity contribution in [2.75, 3.05) is 0 Å². The van der Waals surface area contributed by atoms with Crippen molar-refractivity contribution in [1.82, 2.24) is 0 Å². The topological polar surface area (TPSA) is 621 Å². The Kier molecular flexibility index (Phi) is 22.0. The van der Waals surface area contributed by atoms with Gasteiger partial charge in [0.15, 0.2) is 0 Å². The minimum absolute atomic E-state index is 0.259. The highest BCUT2D eigenvalue weighted by molar-refractivity contribution is 6.28. The van der Waals surface area contributed by atoms with Crippen LogP contribution in [0.2, 0.25) is 0 Å². The van der Waals surface area contributed by atoms with Gasteiger partial charge in [-0.2, -0.15) is 0 Å². The average molecular weight is 1550 g/mol. The standard InChI is InChI=1S/C78H40O36/c79-59(80)41-25-37(29-13-5-1-6-14-29)51(55(67(95)96)47(41)63(87)88)75(107)111-71(103)35-23-21-34-33(45(35)73(105)113-77(109)53-39(31-17-9-3-10-18-31)27-43(61(83)84)49(65(91)92)57(53)69(99)100)22-24-36(72(104)112-76(108)52-38(30-15-7-2-8-16-30)26-42(60(81)82)48(64(89)90)56(52)68(97)98)46(34)74(106)114-78(110)54-40(32-19-11-4-12-20-32)28-44(62(85)86)50(66(93)94)58(54)70(101)102/h1-28H,(H,79,80)(H,81,82)(H,83,84)(H,85,86)(H,87,88)(H,89,90)(H,91,92)(H,93,94)(H,95,96)(H,97,98)(H,99,100)(H,101,102). The first kappa shape index (κ1) is 79.2. The Labute approximate surface area is 629 Å². The Morgan fingerprint density at radius 3 is 0.518 bits per heavy atom. The predicted octanol–water partition coefficient (Wildman–Crippen LogP) is 9.88. The zero-order valence-electron chi connectivity index (χ0n) is 56.3. The smallest absolute Gasteiger partial charge is 0.347 e. The number of rotatable bonds is 24. The van der Waals surface area contributed by atoms with Gasteiger partial charge in [-0.15, -0.1) is 0 Å². The number of hydrogen-bond donors (Lipinski definition) is 12. The summed E-state index contributed by atoms with van der Waals surface area (Å²) in [4.78, 5) is 276. The van der Waals surface area contributed by atoms with E-state index in [-0.39, 0.29) is 34.4 Å². The van der Waals surface area contributed by atoms with Crippen LogP contribution in [0.1, 0.15) is 207 Å². The Hall–Kier alpha value is -17.3. The van der Waals surface area contributed by atoms with E-state index in [1.54, 1.807) is 0 Å². The first-order valence-electron chi connectivity index (χ1n) is 31.4. The minimum atomic E-state index is -2.42. The van der Waals surface area contributed by atoms with Gasteiger partial charge in [0.05, 0.1) is 111 Å². The molecule has 10 aromatic carbocycles. The number of carboxylic acids is 12. The zero-order chi connectivity index (χ0) is 83.5. The van der Waals surface area contributed by atoms with E-state index in [0.717, 1.165) is 48.5 Å². The normalized spacial score (nSPS) is 10.7. The molecule has 36 heteroatoms. The van der Waals surface area contributed by atoms with Gasteiger partial charge in [0, 0.05) is 0 Å². The van der Waals surface area contributed by atoms with Gasteiger partial charge < -0.3 is 80.2 Å². The number of hydrogen-bond acceptors (Lipinski definition) is 24. The third-order valence-corrected chi connectivity index (χ3v) is 16.9. The van der Waals surface area contributed by atoms with Gasteiger partial charge >= 0.3 is 119 Å². The van der Waals surface area contributed by atoms with Crippen molar-refractivity contribution in [3.05, 3.63) is 281 Å². The summed E-state index contributed by atoms with van der Waals surface area (Å²) in [5.41, 5.74) is -35.4. The zero-order valence-corrected chi connectivity index (χ0v) is 56.3. The summed E-state index contributed by atoms with van der Waals surface area (Å²) in [6.07, 6.45) is 0. The van der Waals surface area contributed by atoms with Crippen LogP contribution >= 0.6 is 0 Å². The molecule has 0 atom stereocenters. The van der Waals surface area contributed by atoms with Crippen molar-refractivity contribution in [3.63, 3.8) is 0 Å². The van der Waals surface area contributed by atoms with Crippen LogP contribution in [0.3, 0.4) is 0 Å². The molecule has 0 heterocycles. The second-order valence-corrected chi connectivity index (χ2v) is 23.3. The fraction of sp³-hybridized carbons (Fsp3) is 0. The third-order valence-electron chi connectivity index (χ3n) is 16.9. The average Bonchev–Trinajstić information content (AvgIpc) is 0.769. The van der Waals surface area contributed by atoms with Crippen LogP contribution in [0.25, 0.3) is 55.3 Å². The molecule has 0 unspecified atom stereocenters. The summed E-state index contributed by atoms with van der Waals surface area (Å²) in [6, 6.07) is 27.2.